The van der Waals surface area contributed by atoms with Gasteiger partial charge in [0.1, 0.15) is 0 Å². The van der Waals surface area contributed by atoms with Crippen molar-refractivity contribution in [3.63, 3.8) is 0 Å². The van der Waals surface area contributed by atoms with E-state index in [4.69, 9.17) is 0 Å². The van der Waals surface area contributed by atoms with Gasteiger partial charge in [0.05, 0.1) is 10.6 Å². The van der Waals surface area contributed by atoms with Crippen LogP contribution in [-0.2, 0) is 9.84 Å². The molecule has 0 spiro atoms. The third-order valence-electron chi connectivity index (χ3n) is 2.88. The number of allylic oxidation sites excluding steroid dienone is 2. The maximum absolute atomic E-state index is 12.2. The smallest absolute Gasteiger partial charge is 0.213 e. The number of hydrogen-bond acceptors (Lipinski definition) is 6. The molecule has 6 nitrogen and oxygen atoms in total. The van der Waals surface area contributed by atoms with Gasteiger partial charge in [-0.05, 0) is 36.4 Å². The van der Waals surface area contributed by atoms with Crippen LogP contribution in [0, 0.1) is 0 Å². The van der Waals surface area contributed by atoms with E-state index in [0.717, 1.165) is 5.70 Å². The molecule has 112 valence electrons. The van der Waals surface area contributed by atoms with E-state index in [9.17, 15) is 8.42 Å². The highest BCUT2D eigenvalue weighted by Crippen LogP contribution is 2.19. The molecule has 0 bridgehead atoms. The number of aromatic nitrogens is 4. The zero-order valence-corrected chi connectivity index (χ0v) is 13.4. The van der Waals surface area contributed by atoms with Crippen molar-refractivity contribution in [1.82, 2.24) is 20.2 Å². The van der Waals surface area contributed by atoms with Crippen LogP contribution in [0.2, 0.25) is 0 Å². The van der Waals surface area contributed by atoms with Gasteiger partial charge in [0, 0.05) is 11.4 Å². The topological polar surface area (TPSA) is 77.7 Å². The van der Waals surface area contributed by atoms with Crippen molar-refractivity contribution in [3.05, 3.63) is 36.4 Å². The Hall–Kier alpha value is -1.67. The fourth-order valence-electron chi connectivity index (χ4n) is 1.60. The Morgan fingerprint density at radius 1 is 1.33 bits per heavy atom. The lowest BCUT2D eigenvalue weighted by atomic mass is 10.4. The maximum Gasteiger partial charge on any atom is 0.213 e. The molecule has 0 N–H and O–H groups in total. The number of rotatable bonds is 6. The molecule has 8 heteroatoms. The van der Waals surface area contributed by atoms with Gasteiger partial charge in [0.15, 0.2) is 9.84 Å². The average molecular weight is 324 g/mol. The summed E-state index contributed by atoms with van der Waals surface area (Å²) in [5.41, 5.74) is 0.897. The molecule has 0 aliphatic carbocycles. The standard InChI is InChI=1S/C13H16N4O2S2/c1-3-11(2)17-13(14-15-16-17)20-9-10-21(18,19)12-7-5-4-6-8-12/h3-8H,9-10H2,1-2H3/b11-3+. The van der Waals surface area contributed by atoms with Gasteiger partial charge in [-0.25, -0.2) is 8.42 Å². The van der Waals surface area contributed by atoms with Gasteiger partial charge in [0.25, 0.3) is 0 Å². The van der Waals surface area contributed by atoms with Gasteiger partial charge < -0.3 is 0 Å². The Morgan fingerprint density at radius 3 is 2.71 bits per heavy atom. The largest absolute Gasteiger partial charge is 0.224 e. The summed E-state index contributed by atoms with van der Waals surface area (Å²) in [5.74, 6) is 0.442. The molecule has 2 rings (SSSR count). The summed E-state index contributed by atoms with van der Waals surface area (Å²) in [6.07, 6.45) is 1.89. The number of thioether (sulfide) groups is 1. The highest BCUT2D eigenvalue weighted by molar-refractivity contribution is 8.00. The van der Waals surface area contributed by atoms with Gasteiger partial charge in [-0.2, -0.15) is 4.68 Å². The van der Waals surface area contributed by atoms with E-state index >= 15 is 0 Å². The van der Waals surface area contributed by atoms with Gasteiger partial charge in [-0.15, -0.1) is 5.10 Å². The van der Waals surface area contributed by atoms with Crippen LogP contribution < -0.4 is 0 Å². The summed E-state index contributed by atoms with van der Waals surface area (Å²) in [4.78, 5) is 0.342. The number of hydrogen-bond donors (Lipinski definition) is 0. The predicted octanol–water partition coefficient (Wildman–Crippen LogP) is 2.12. The molecule has 0 atom stereocenters. The van der Waals surface area contributed by atoms with Crippen LogP contribution in [0.5, 0.6) is 0 Å². The van der Waals surface area contributed by atoms with E-state index in [1.165, 1.54) is 11.8 Å². The third kappa shape index (κ3) is 3.92. The summed E-state index contributed by atoms with van der Waals surface area (Å²) < 4.78 is 25.9. The number of nitrogens with zero attached hydrogens (tertiary/aromatic N) is 4. The van der Waals surface area contributed by atoms with Gasteiger partial charge in [-0.3, -0.25) is 0 Å². The molecule has 0 unspecified atom stereocenters. The molecule has 1 heterocycles. The maximum atomic E-state index is 12.2. The molecular weight excluding hydrogens is 308 g/mol. The molecule has 0 aliphatic rings. The Bertz CT molecular complexity index is 724. The van der Waals surface area contributed by atoms with Crippen LogP contribution >= 0.6 is 11.8 Å². The molecule has 0 saturated carbocycles. The quantitative estimate of drug-likeness (QED) is 0.757. The Balaban J connectivity index is 2.01. The second kappa shape index (κ2) is 6.86. The van der Waals surface area contributed by atoms with Crippen LogP contribution in [0.25, 0.3) is 5.70 Å². The van der Waals surface area contributed by atoms with Crippen molar-refractivity contribution in [3.8, 4) is 0 Å². The van der Waals surface area contributed by atoms with Crippen LogP contribution in [0.4, 0.5) is 0 Å². The minimum Gasteiger partial charge on any atom is -0.224 e. The first-order valence-corrected chi connectivity index (χ1v) is 9.00. The molecule has 1 aromatic carbocycles. The summed E-state index contributed by atoms with van der Waals surface area (Å²) in [6, 6.07) is 8.44. The van der Waals surface area contributed by atoms with E-state index in [0.29, 0.717) is 15.8 Å². The zero-order chi connectivity index (χ0) is 15.3. The van der Waals surface area contributed by atoms with Crippen molar-refractivity contribution in [2.24, 2.45) is 0 Å². The summed E-state index contributed by atoms with van der Waals surface area (Å²) in [7, 11) is -3.27. The SMILES string of the molecule is C/C=C(\C)n1nnnc1SCCS(=O)(=O)c1ccccc1. The van der Waals surface area contributed by atoms with Crippen molar-refractivity contribution >= 4 is 27.3 Å². The van der Waals surface area contributed by atoms with Crippen LogP contribution in [0.15, 0.2) is 46.5 Å². The summed E-state index contributed by atoms with van der Waals surface area (Å²) in [5, 5.41) is 12.0. The fraction of sp³-hybridized carbons (Fsp3) is 0.308. The average Bonchev–Trinajstić information content (AvgIpc) is 2.95. The monoisotopic (exact) mass is 324 g/mol. The highest BCUT2D eigenvalue weighted by Gasteiger charge is 2.15. The lowest BCUT2D eigenvalue weighted by Gasteiger charge is -2.05. The molecule has 0 aliphatic heterocycles. The van der Waals surface area contributed by atoms with E-state index in [1.54, 1.807) is 35.0 Å². The van der Waals surface area contributed by atoms with Crippen molar-refractivity contribution in [1.29, 1.82) is 0 Å². The van der Waals surface area contributed by atoms with Crippen LogP contribution in [0.3, 0.4) is 0 Å². The fourth-order valence-corrected chi connectivity index (χ4v) is 4.20. The Kier molecular flexibility index (Phi) is 5.13. The van der Waals surface area contributed by atoms with Crippen molar-refractivity contribution in [2.45, 2.75) is 23.9 Å². The molecule has 2 aromatic rings. The first-order valence-electron chi connectivity index (χ1n) is 6.37. The highest BCUT2D eigenvalue weighted by atomic mass is 32.2. The summed E-state index contributed by atoms with van der Waals surface area (Å²) in [6.45, 7) is 3.78. The van der Waals surface area contributed by atoms with Gasteiger partial charge in [0.2, 0.25) is 5.16 Å². The van der Waals surface area contributed by atoms with Crippen molar-refractivity contribution < 1.29 is 8.42 Å². The van der Waals surface area contributed by atoms with Crippen molar-refractivity contribution in [2.75, 3.05) is 11.5 Å². The zero-order valence-electron chi connectivity index (χ0n) is 11.8. The normalized spacial score (nSPS) is 12.6. The molecule has 0 amide bonds. The van der Waals surface area contributed by atoms with E-state index in [1.807, 2.05) is 19.9 Å². The van der Waals surface area contributed by atoms with Gasteiger partial charge in [-0.1, -0.05) is 36.0 Å². The van der Waals surface area contributed by atoms with E-state index in [2.05, 4.69) is 15.5 Å². The van der Waals surface area contributed by atoms with Crippen LogP contribution in [-0.4, -0.2) is 40.1 Å². The molecule has 21 heavy (non-hydrogen) atoms. The molecule has 0 fully saturated rings. The Morgan fingerprint density at radius 2 is 2.05 bits per heavy atom. The number of tetrazole rings is 1. The lowest BCUT2D eigenvalue weighted by Crippen LogP contribution is -2.09. The van der Waals surface area contributed by atoms with Crippen LogP contribution in [0.1, 0.15) is 13.8 Å². The minimum atomic E-state index is -3.27. The predicted molar refractivity (Wildman–Crippen MR) is 82.7 cm³/mol. The first-order chi connectivity index (χ1) is 10.0. The second-order valence-corrected chi connectivity index (χ2v) is 7.45. The van der Waals surface area contributed by atoms with Gasteiger partial charge >= 0.3 is 0 Å². The molecule has 1 aromatic heterocycles. The molecule has 0 saturated heterocycles. The first kappa shape index (κ1) is 15.7. The molecule has 0 radical (unpaired) electrons. The number of sulfone groups is 1. The molecular formula is C13H16N4O2S2. The lowest BCUT2D eigenvalue weighted by molar-refractivity contribution is 0.597. The summed E-state index contributed by atoms with van der Waals surface area (Å²) >= 11 is 1.33. The van der Waals surface area contributed by atoms with E-state index < -0.39 is 9.84 Å². The minimum absolute atomic E-state index is 0.0451. The van der Waals surface area contributed by atoms with E-state index in [-0.39, 0.29) is 5.75 Å². The number of benzene rings is 1. The second-order valence-electron chi connectivity index (χ2n) is 4.28. The Labute approximate surface area is 128 Å². The third-order valence-corrected chi connectivity index (χ3v) is 5.79.